The van der Waals surface area contributed by atoms with Crippen molar-refractivity contribution in [3.05, 3.63) is 77.7 Å². The molecule has 0 fully saturated rings. The monoisotopic (exact) mass is 427 g/mol. The molecule has 1 N–H and O–H groups in total. The maximum atomic E-state index is 12.5. The summed E-state index contributed by atoms with van der Waals surface area (Å²) in [6.45, 7) is 4.66. The largest absolute Gasteiger partial charge is 0.462 e. The van der Waals surface area contributed by atoms with Crippen LogP contribution < -0.4 is 0 Å². The lowest BCUT2D eigenvalue weighted by Crippen LogP contribution is -2.09. The SMILES string of the molecule is CCOC(=O)c1cccc2nc(C)n(Cc3ccc(-n4cccc4-c4nn[nH]n4)cc3)c12. The zero-order valence-electron chi connectivity index (χ0n) is 17.7. The molecule has 2 aromatic carbocycles. The van der Waals surface area contributed by atoms with E-state index in [1.807, 2.05) is 54.1 Å². The Balaban J connectivity index is 1.48. The Bertz CT molecular complexity index is 1380. The first-order valence-electron chi connectivity index (χ1n) is 10.3. The van der Waals surface area contributed by atoms with Crippen LogP contribution in [0.1, 0.15) is 28.7 Å². The second-order valence-electron chi connectivity index (χ2n) is 7.30. The van der Waals surface area contributed by atoms with Gasteiger partial charge in [0.25, 0.3) is 0 Å². The fourth-order valence-electron chi connectivity index (χ4n) is 3.87. The number of para-hydroxylation sites is 1. The van der Waals surface area contributed by atoms with Gasteiger partial charge in [-0.05, 0) is 61.0 Å². The number of ether oxygens (including phenoxy) is 1. The Morgan fingerprint density at radius 2 is 1.94 bits per heavy atom. The number of esters is 1. The van der Waals surface area contributed by atoms with E-state index < -0.39 is 0 Å². The Kier molecular flexibility index (Phi) is 4.98. The van der Waals surface area contributed by atoms with E-state index in [1.54, 1.807) is 13.0 Å². The first-order chi connectivity index (χ1) is 15.7. The molecule has 3 heterocycles. The first kappa shape index (κ1) is 19.7. The van der Waals surface area contributed by atoms with Crippen LogP contribution in [-0.2, 0) is 11.3 Å². The van der Waals surface area contributed by atoms with Crippen molar-refractivity contribution < 1.29 is 9.53 Å². The van der Waals surface area contributed by atoms with E-state index in [0.29, 0.717) is 24.5 Å². The van der Waals surface area contributed by atoms with E-state index in [4.69, 9.17) is 4.74 Å². The van der Waals surface area contributed by atoms with Gasteiger partial charge in [-0.25, -0.2) is 9.78 Å². The van der Waals surface area contributed by atoms with Gasteiger partial charge in [-0.3, -0.25) is 0 Å². The van der Waals surface area contributed by atoms with Gasteiger partial charge in [-0.2, -0.15) is 5.21 Å². The summed E-state index contributed by atoms with van der Waals surface area (Å²) in [6, 6.07) is 17.6. The third-order valence-corrected chi connectivity index (χ3v) is 5.33. The molecule has 32 heavy (non-hydrogen) atoms. The highest BCUT2D eigenvalue weighted by Gasteiger charge is 2.18. The number of aromatic nitrogens is 7. The fourth-order valence-corrected chi connectivity index (χ4v) is 3.87. The van der Waals surface area contributed by atoms with E-state index in [0.717, 1.165) is 33.8 Å². The summed E-state index contributed by atoms with van der Waals surface area (Å²) in [5.74, 6) is 1.04. The average Bonchev–Trinajstić information content (AvgIpc) is 3.55. The number of carbonyl (C=O) groups is 1. The second-order valence-corrected chi connectivity index (χ2v) is 7.30. The van der Waals surface area contributed by atoms with E-state index in [9.17, 15) is 4.79 Å². The number of aryl methyl sites for hydroxylation is 1. The van der Waals surface area contributed by atoms with Gasteiger partial charge in [0.2, 0.25) is 5.82 Å². The molecule has 9 heteroatoms. The number of carbonyl (C=O) groups excluding carboxylic acids is 1. The molecule has 160 valence electrons. The summed E-state index contributed by atoms with van der Waals surface area (Å²) < 4.78 is 9.31. The number of H-pyrrole nitrogens is 1. The van der Waals surface area contributed by atoms with E-state index in [-0.39, 0.29) is 5.97 Å². The zero-order chi connectivity index (χ0) is 22.1. The number of fused-ring (bicyclic) bond motifs is 1. The number of nitrogens with one attached hydrogen (secondary N) is 1. The van der Waals surface area contributed by atoms with E-state index in [1.165, 1.54) is 0 Å². The molecule has 9 nitrogen and oxygen atoms in total. The van der Waals surface area contributed by atoms with Gasteiger partial charge < -0.3 is 13.9 Å². The molecule has 0 atom stereocenters. The minimum atomic E-state index is -0.337. The van der Waals surface area contributed by atoms with Crippen LogP contribution in [0.3, 0.4) is 0 Å². The van der Waals surface area contributed by atoms with Gasteiger partial charge in [0.1, 0.15) is 5.82 Å². The number of aromatic amines is 1. The van der Waals surface area contributed by atoms with Gasteiger partial charge in [-0.15, -0.1) is 10.2 Å². The lowest BCUT2D eigenvalue weighted by molar-refractivity contribution is 0.0528. The van der Waals surface area contributed by atoms with Crippen LogP contribution in [-0.4, -0.2) is 47.3 Å². The van der Waals surface area contributed by atoms with E-state index >= 15 is 0 Å². The zero-order valence-corrected chi connectivity index (χ0v) is 17.7. The number of rotatable bonds is 6. The van der Waals surface area contributed by atoms with Crippen LogP contribution in [0.25, 0.3) is 28.2 Å². The van der Waals surface area contributed by atoms with Gasteiger partial charge in [0.05, 0.1) is 28.9 Å². The maximum absolute atomic E-state index is 12.5. The summed E-state index contributed by atoms with van der Waals surface area (Å²) in [7, 11) is 0. The Labute approximate surface area is 183 Å². The highest BCUT2D eigenvalue weighted by Crippen LogP contribution is 2.24. The van der Waals surface area contributed by atoms with Crippen molar-refractivity contribution in [2.75, 3.05) is 6.61 Å². The Hall–Kier alpha value is -4.27. The molecule has 0 saturated carbocycles. The van der Waals surface area contributed by atoms with Crippen molar-refractivity contribution in [2.45, 2.75) is 20.4 Å². The molecule has 0 aliphatic heterocycles. The fraction of sp³-hybridized carbons (Fsp3) is 0.174. The molecular weight excluding hydrogens is 406 g/mol. The number of imidazole rings is 1. The molecule has 5 aromatic rings. The molecule has 0 aliphatic rings. The molecule has 0 amide bonds. The van der Waals surface area contributed by atoms with Crippen LogP contribution >= 0.6 is 0 Å². The normalized spacial score (nSPS) is 11.2. The van der Waals surface area contributed by atoms with Gasteiger partial charge in [0.15, 0.2) is 0 Å². The molecule has 0 saturated heterocycles. The predicted molar refractivity (Wildman–Crippen MR) is 118 cm³/mol. The topological polar surface area (TPSA) is 104 Å². The summed E-state index contributed by atoms with van der Waals surface area (Å²) in [4.78, 5) is 17.1. The molecule has 0 radical (unpaired) electrons. The Morgan fingerprint density at radius 3 is 2.69 bits per heavy atom. The quantitative estimate of drug-likeness (QED) is 0.416. The van der Waals surface area contributed by atoms with Gasteiger partial charge >= 0.3 is 5.97 Å². The third-order valence-electron chi connectivity index (χ3n) is 5.33. The van der Waals surface area contributed by atoms with Crippen molar-refractivity contribution in [1.29, 1.82) is 0 Å². The molecule has 5 rings (SSSR count). The molecule has 0 aliphatic carbocycles. The summed E-state index contributed by atoms with van der Waals surface area (Å²) in [5.41, 5.74) is 5.01. The maximum Gasteiger partial charge on any atom is 0.340 e. The van der Waals surface area contributed by atoms with Crippen molar-refractivity contribution >= 4 is 17.0 Å². The average molecular weight is 427 g/mol. The minimum Gasteiger partial charge on any atom is -0.462 e. The number of hydrogen-bond donors (Lipinski definition) is 1. The second kappa shape index (κ2) is 8.10. The molecular formula is C23H21N7O2. The smallest absolute Gasteiger partial charge is 0.340 e. The lowest BCUT2D eigenvalue weighted by atomic mass is 10.1. The van der Waals surface area contributed by atoms with Crippen molar-refractivity contribution in [3.8, 4) is 17.2 Å². The lowest BCUT2D eigenvalue weighted by Gasteiger charge is -2.12. The predicted octanol–water partition coefficient (Wildman–Crippen LogP) is 3.54. The van der Waals surface area contributed by atoms with E-state index in [2.05, 4.69) is 42.3 Å². The molecule has 0 unspecified atom stereocenters. The van der Waals surface area contributed by atoms with Crippen LogP contribution in [0.4, 0.5) is 0 Å². The summed E-state index contributed by atoms with van der Waals surface area (Å²) in [5, 5.41) is 14.3. The number of hydrogen-bond acceptors (Lipinski definition) is 6. The van der Waals surface area contributed by atoms with Crippen molar-refractivity contribution in [1.82, 2.24) is 34.7 Å². The van der Waals surface area contributed by atoms with Gasteiger partial charge in [-0.1, -0.05) is 18.2 Å². The standard InChI is InChI=1S/C23H21N7O2/c1-3-32-23(31)18-6-4-7-19-21(18)30(15(2)24-19)14-16-9-11-17(12-10-16)29-13-5-8-20(29)22-25-27-28-26-22/h4-13H,3,14H2,1-2H3,(H,25,26,27,28). The van der Waals surface area contributed by atoms with Crippen LogP contribution in [0.2, 0.25) is 0 Å². The Morgan fingerprint density at radius 1 is 1.09 bits per heavy atom. The molecule has 0 bridgehead atoms. The van der Waals surface area contributed by atoms with Crippen LogP contribution in [0, 0.1) is 6.92 Å². The summed E-state index contributed by atoms with van der Waals surface area (Å²) >= 11 is 0. The molecule has 3 aromatic heterocycles. The van der Waals surface area contributed by atoms with Gasteiger partial charge in [0, 0.05) is 18.4 Å². The number of tetrazole rings is 1. The highest BCUT2D eigenvalue weighted by atomic mass is 16.5. The minimum absolute atomic E-state index is 0.328. The first-order valence-corrected chi connectivity index (χ1v) is 10.3. The van der Waals surface area contributed by atoms with Crippen LogP contribution in [0.15, 0.2) is 60.8 Å². The summed E-state index contributed by atoms with van der Waals surface area (Å²) in [6.07, 6.45) is 1.96. The van der Waals surface area contributed by atoms with Crippen LogP contribution in [0.5, 0.6) is 0 Å². The third kappa shape index (κ3) is 3.43. The number of benzene rings is 2. The van der Waals surface area contributed by atoms with Crippen molar-refractivity contribution in [2.24, 2.45) is 0 Å². The van der Waals surface area contributed by atoms with Crippen molar-refractivity contribution in [3.63, 3.8) is 0 Å². The number of nitrogens with zero attached hydrogens (tertiary/aromatic N) is 6. The highest BCUT2D eigenvalue weighted by molar-refractivity contribution is 6.02. The molecule has 0 spiro atoms.